The van der Waals surface area contributed by atoms with Crippen molar-refractivity contribution >= 4 is 46.5 Å². The summed E-state index contributed by atoms with van der Waals surface area (Å²) in [6.07, 6.45) is 3.59. The predicted octanol–water partition coefficient (Wildman–Crippen LogP) is 3.62. The third kappa shape index (κ3) is 5.65. The first kappa shape index (κ1) is 27.1. The lowest BCUT2D eigenvalue weighted by atomic mass is 10.1. The molecule has 4 N–H and O–H groups in total. The van der Waals surface area contributed by atoms with Crippen LogP contribution in [0.4, 0.5) is 11.6 Å². The summed E-state index contributed by atoms with van der Waals surface area (Å²) < 4.78 is 9.47. The van der Waals surface area contributed by atoms with Crippen molar-refractivity contribution in [2.45, 2.75) is 32.9 Å². The summed E-state index contributed by atoms with van der Waals surface area (Å²) in [6.45, 7) is 11.8. The largest absolute Gasteiger partial charge is 0.489 e. The molecule has 12 heteroatoms. The number of rotatable bonds is 9. The van der Waals surface area contributed by atoms with Crippen molar-refractivity contribution in [3.63, 3.8) is 0 Å². The number of ether oxygens (including phenoxy) is 1. The second-order valence-corrected chi connectivity index (χ2v) is 9.53. The number of carbonyl (C=O) groups excluding carboxylic acids is 3. The van der Waals surface area contributed by atoms with E-state index in [1.165, 1.54) is 6.08 Å². The molecule has 0 bridgehead atoms. The van der Waals surface area contributed by atoms with E-state index in [-0.39, 0.29) is 36.0 Å². The molecule has 1 aliphatic heterocycles. The van der Waals surface area contributed by atoms with Gasteiger partial charge >= 0.3 is 0 Å². The maximum atomic E-state index is 13.3. The van der Waals surface area contributed by atoms with Gasteiger partial charge in [0.25, 0.3) is 5.91 Å². The molecule has 4 aromatic rings. The summed E-state index contributed by atoms with van der Waals surface area (Å²) >= 11 is 0. The summed E-state index contributed by atoms with van der Waals surface area (Å²) in [7, 11) is 0. The third-order valence-electron chi connectivity index (χ3n) is 6.72. The van der Waals surface area contributed by atoms with E-state index in [1.54, 1.807) is 53.2 Å². The van der Waals surface area contributed by atoms with E-state index < -0.39 is 5.91 Å². The van der Waals surface area contributed by atoms with Gasteiger partial charge in [-0.3, -0.25) is 24.4 Å². The molecule has 0 fully saturated rings. The van der Waals surface area contributed by atoms with Crippen LogP contribution in [0.25, 0.3) is 22.0 Å². The topological polar surface area (TPSA) is 151 Å². The minimum absolute atomic E-state index is 0.231. The van der Waals surface area contributed by atoms with Gasteiger partial charge in [0, 0.05) is 24.7 Å². The molecule has 0 radical (unpaired) electrons. The van der Waals surface area contributed by atoms with Gasteiger partial charge in [0.15, 0.2) is 5.69 Å². The van der Waals surface area contributed by atoms with Crippen LogP contribution in [0.5, 0.6) is 5.75 Å². The van der Waals surface area contributed by atoms with Crippen molar-refractivity contribution in [1.29, 1.82) is 0 Å². The van der Waals surface area contributed by atoms with Gasteiger partial charge in [-0.15, -0.1) is 0 Å². The Morgan fingerprint density at radius 3 is 2.71 bits per heavy atom. The lowest BCUT2D eigenvalue weighted by Crippen LogP contribution is -2.30. The zero-order valence-corrected chi connectivity index (χ0v) is 22.5. The van der Waals surface area contributed by atoms with Gasteiger partial charge in [-0.1, -0.05) is 24.3 Å². The lowest BCUT2D eigenvalue weighted by Gasteiger charge is -2.27. The molecule has 1 aliphatic rings. The van der Waals surface area contributed by atoms with Crippen LogP contribution in [0.15, 0.2) is 48.5 Å². The maximum Gasteiger partial charge on any atom is 0.276 e. The normalized spacial score (nSPS) is 14.0. The Hall–Kier alpha value is -5.44. The smallest absolute Gasteiger partial charge is 0.276 e. The number of nitrogens with two attached hydrogens (primary N) is 1. The second kappa shape index (κ2) is 11.4. The van der Waals surface area contributed by atoms with Crippen LogP contribution in [0.2, 0.25) is 0 Å². The Labute approximate surface area is 235 Å². The van der Waals surface area contributed by atoms with Crippen LogP contribution in [0.1, 0.15) is 51.5 Å². The highest BCUT2D eigenvalue weighted by atomic mass is 16.5. The minimum atomic E-state index is -0.616. The van der Waals surface area contributed by atoms with Crippen LogP contribution in [0, 0.1) is 13.5 Å². The lowest BCUT2D eigenvalue weighted by molar-refractivity contribution is -0.116. The highest BCUT2D eigenvalue weighted by Crippen LogP contribution is 2.38. The van der Waals surface area contributed by atoms with E-state index in [0.717, 1.165) is 11.3 Å². The number of anilines is 1. The molecular formula is C29H28N8O4. The number of nitrogens with zero attached hydrogens (tertiary/aromatic N) is 5. The first-order chi connectivity index (χ1) is 19.8. The number of amides is 3. The SMILES string of the molecule is [C-]#[N+]c1ccc(/C=C/C(=O)NCC[C@H]2COc3cc(C(N)=O)cc4nc(NC(=O)c5cc(C)nn5CC)n2c34)cc1. The zero-order chi connectivity index (χ0) is 29.1. The number of nitrogens with one attached hydrogen (secondary N) is 2. The van der Waals surface area contributed by atoms with Crippen molar-refractivity contribution in [2.24, 2.45) is 5.73 Å². The summed E-state index contributed by atoms with van der Waals surface area (Å²) in [6, 6.07) is 11.5. The first-order valence-corrected chi connectivity index (χ1v) is 13.0. The first-order valence-electron chi connectivity index (χ1n) is 13.0. The maximum absolute atomic E-state index is 13.3. The van der Waals surface area contributed by atoms with Crippen molar-refractivity contribution in [1.82, 2.24) is 24.6 Å². The van der Waals surface area contributed by atoms with E-state index >= 15 is 0 Å². The summed E-state index contributed by atoms with van der Waals surface area (Å²) in [4.78, 5) is 45.6. The number of carbonyl (C=O) groups is 3. The van der Waals surface area contributed by atoms with E-state index in [0.29, 0.717) is 47.7 Å². The van der Waals surface area contributed by atoms with Crippen molar-refractivity contribution in [3.8, 4) is 5.75 Å². The second-order valence-electron chi connectivity index (χ2n) is 9.53. The van der Waals surface area contributed by atoms with Gasteiger partial charge < -0.3 is 20.4 Å². The molecule has 0 aliphatic carbocycles. The van der Waals surface area contributed by atoms with Crippen molar-refractivity contribution in [3.05, 3.63) is 82.5 Å². The average Bonchev–Trinajstić information content (AvgIpc) is 3.54. The molecule has 12 nitrogen and oxygen atoms in total. The molecule has 1 atom stereocenters. The Balaban J connectivity index is 1.36. The molecule has 5 rings (SSSR count). The van der Waals surface area contributed by atoms with Gasteiger partial charge in [0.1, 0.15) is 23.6 Å². The molecular weight excluding hydrogens is 524 g/mol. The third-order valence-corrected chi connectivity index (χ3v) is 6.72. The molecule has 208 valence electrons. The summed E-state index contributed by atoms with van der Waals surface area (Å²) in [5.41, 5.74) is 9.29. The molecule has 0 saturated carbocycles. The van der Waals surface area contributed by atoms with E-state index in [9.17, 15) is 14.4 Å². The Bertz CT molecular complexity index is 1730. The number of aryl methyl sites for hydroxylation is 2. The van der Waals surface area contributed by atoms with Crippen molar-refractivity contribution in [2.75, 3.05) is 18.5 Å². The number of benzene rings is 2. The fraction of sp³-hybridized carbons (Fsp3) is 0.241. The van der Waals surface area contributed by atoms with Gasteiger partial charge in [0.2, 0.25) is 17.8 Å². The Morgan fingerprint density at radius 2 is 2.00 bits per heavy atom. The quantitative estimate of drug-likeness (QED) is 0.213. The fourth-order valence-electron chi connectivity index (χ4n) is 4.75. The molecule has 3 heterocycles. The molecule has 0 unspecified atom stereocenters. The van der Waals surface area contributed by atoms with Crippen molar-refractivity contribution < 1.29 is 19.1 Å². The number of hydrogen-bond acceptors (Lipinski definition) is 6. The molecule has 0 spiro atoms. The van der Waals surface area contributed by atoms with E-state index in [1.807, 2.05) is 18.4 Å². The molecule has 2 aromatic carbocycles. The zero-order valence-electron chi connectivity index (χ0n) is 22.5. The summed E-state index contributed by atoms with van der Waals surface area (Å²) in [5.74, 6) is -0.531. The monoisotopic (exact) mass is 552 g/mol. The fourth-order valence-corrected chi connectivity index (χ4v) is 4.75. The van der Waals surface area contributed by atoms with E-state index in [4.69, 9.17) is 17.0 Å². The van der Waals surface area contributed by atoms with E-state index in [2.05, 4.69) is 25.6 Å². The molecule has 0 saturated heterocycles. The standard InChI is InChI=1S/C29H28N8O4/c1-4-36-23(13-17(2)35-36)28(40)34-29-33-22-14-19(27(30)39)15-24-26(22)37(29)21(16-41-24)11-12-32-25(38)10-7-18-5-8-20(31-3)9-6-18/h5-10,13-15,21H,4,11-12,16H2,1-2H3,(H2,30,39)(H,32,38)(H,33,34,40)/b10-7+/t21-/m0/s1. The number of primary amides is 1. The number of imidazole rings is 1. The number of aromatic nitrogens is 4. The van der Waals surface area contributed by atoms with Gasteiger partial charge in [-0.25, -0.2) is 9.83 Å². The molecule has 2 aromatic heterocycles. The van der Waals surface area contributed by atoms with Crippen LogP contribution in [-0.4, -0.2) is 50.2 Å². The molecule has 41 heavy (non-hydrogen) atoms. The van der Waals surface area contributed by atoms with Crippen LogP contribution in [0.3, 0.4) is 0 Å². The van der Waals surface area contributed by atoms with Crippen LogP contribution < -0.4 is 21.1 Å². The van der Waals surface area contributed by atoms with Gasteiger partial charge in [0.05, 0.1) is 23.8 Å². The average molecular weight is 553 g/mol. The minimum Gasteiger partial charge on any atom is -0.489 e. The van der Waals surface area contributed by atoms with Crippen LogP contribution >= 0.6 is 0 Å². The van der Waals surface area contributed by atoms with Gasteiger partial charge in [-0.05, 0) is 50.1 Å². The predicted molar refractivity (Wildman–Crippen MR) is 153 cm³/mol. The van der Waals surface area contributed by atoms with Crippen LogP contribution in [-0.2, 0) is 11.3 Å². The highest BCUT2D eigenvalue weighted by Gasteiger charge is 2.29. The van der Waals surface area contributed by atoms with Gasteiger partial charge in [-0.2, -0.15) is 5.10 Å². The molecule has 3 amide bonds. The Kier molecular flexibility index (Phi) is 7.51. The number of hydrogen-bond donors (Lipinski definition) is 3. The Morgan fingerprint density at radius 1 is 1.22 bits per heavy atom. The highest BCUT2D eigenvalue weighted by molar-refractivity contribution is 6.04. The summed E-state index contributed by atoms with van der Waals surface area (Å²) in [5, 5.41) is 10.1.